The van der Waals surface area contributed by atoms with E-state index >= 15 is 0 Å². The fourth-order valence-electron chi connectivity index (χ4n) is 2.32. The van der Waals surface area contributed by atoms with Gasteiger partial charge in [-0.15, -0.1) is 0 Å². The molecule has 1 aliphatic heterocycles. The Bertz CT molecular complexity index is 581. The number of hydrogen-bond acceptors (Lipinski definition) is 3. The fourth-order valence-corrected chi connectivity index (χ4v) is 2.59. The average Bonchev–Trinajstić information content (AvgIpc) is 2.38. The molecule has 20 heavy (non-hydrogen) atoms. The summed E-state index contributed by atoms with van der Waals surface area (Å²) in [6.45, 7) is 6.00. The molecular formula is C15H18N2O2S. The fraction of sp³-hybridized carbons (Fsp3) is 0.333. The van der Waals surface area contributed by atoms with E-state index in [1.54, 1.807) is 6.92 Å². The zero-order chi connectivity index (χ0) is 14.7. The summed E-state index contributed by atoms with van der Waals surface area (Å²) in [5.74, 6) is -0.319. The van der Waals surface area contributed by atoms with E-state index < -0.39 is 0 Å². The Kier molecular flexibility index (Phi) is 4.39. The molecule has 106 valence electrons. The third-order valence-corrected chi connectivity index (χ3v) is 3.48. The first kappa shape index (κ1) is 14.5. The van der Waals surface area contributed by atoms with Crippen LogP contribution in [0.5, 0.6) is 0 Å². The Labute approximate surface area is 124 Å². The molecule has 0 aliphatic carbocycles. The molecule has 0 aromatic heterocycles. The highest BCUT2D eigenvalue weighted by Gasteiger charge is 2.31. The van der Waals surface area contributed by atoms with Crippen LogP contribution in [0.2, 0.25) is 0 Å². The zero-order valence-electron chi connectivity index (χ0n) is 11.8. The first-order valence-electron chi connectivity index (χ1n) is 6.55. The van der Waals surface area contributed by atoms with Gasteiger partial charge in [0, 0.05) is 5.70 Å². The van der Waals surface area contributed by atoms with Crippen LogP contribution in [0.15, 0.2) is 35.5 Å². The first-order chi connectivity index (χ1) is 9.54. The molecule has 0 radical (unpaired) electrons. The molecule has 2 N–H and O–H groups in total. The van der Waals surface area contributed by atoms with Crippen LogP contribution >= 0.6 is 12.2 Å². The summed E-state index contributed by atoms with van der Waals surface area (Å²) in [5, 5.41) is 6.66. The number of nitrogens with one attached hydrogen (secondary N) is 2. The second-order valence-electron chi connectivity index (χ2n) is 4.65. The molecule has 0 fully saturated rings. The summed E-state index contributed by atoms with van der Waals surface area (Å²) in [6, 6.07) is 7.66. The number of allylic oxidation sites excluding steroid dienone is 1. The highest BCUT2D eigenvalue weighted by Crippen LogP contribution is 2.29. The molecule has 0 bridgehead atoms. The van der Waals surface area contributed by atoms with Crippen LogP contribution in [0.3, 0.4) is 0 Å². The summed E-state index contributed by atoms with van der Waals surface area (Å²) >= 11 is 5.20. The molecule has 2 rings (SSSR count). The minimum atomic E-state index is -0.319. The largest absolute Gasteiger partial charge is 0.463 e. The molecule has 0 saturated carbocycles. The van der Waals surface area contributed by atoms with Crippen molar-refractivity contribution in [2.75, 3.05) is 6.61 Å². The van der Waals surface area contributed by atoms with Crippen LogP contribution in [-0.4, -0.2) is 17.7 Å². The third kappa shape index (κ3) is 2.82. The van der Waals surface area contributed by atoms with E-state index in [4.69, 9.17) is 17.0 Å². The number of thiocarbonyl (C=S) groups is 1. The van der Waals surface area contributed by atoms with Gasteiger partial charge in [-0.3, -0.25) is 0 Å². The van der Waals surface area contributed by atoms with Gasteiger partial charge in [-0.1, -0.05) is 24.3 Å². The predicted molar refractivity (Wildman–Crippen MR) is 82.1 cm³/mol. The molecular weight excluding hydrogens is 272 g/mol. The van der Waals surface area contributed by atoms with E-state index in [-0.39, 0.29) is 12.0 Å². The van der Waals surface area contributed by atoms with Crippen molar-refractivity contribution < 1.29 is 9.53 Å². The highest BCUT2D eigenvalue weighted by atomic mass is 32.1. The van der Waals surface area contributed by atoms with E-state index in [0.29, 0.717) is 17.3 Å². The first-order valence-corrected chi connectivity index (χ1v) is 6.96. The van der Waals surface area contributed by atoms with Crippen molar-refractivity contribution in [3.63, 3.8) is 0 Å². The van der Waals surface area contributed by atoms with Crippen molar-refractivity contribution in [2.24, 2.45) is 0 Å². The topological polar surface area (TPSA) is 50.4 Å². The lowest BCUT2D eigenvalue weighted by Crippen LogP contribution is -2.45. The second kappa shape index (κ2) is 6.05. The van der Waals surface area contributed by atoms with Crippen LogP contribution in [0.1, 0.15) is 31.0 Å². The van der Waals surface area contributed by atoms with Gasteiger partial charge in [0.05, 0.1) is 18.2 Å². The Balaban J connectivity index is 2.48. The number of benzene rings is 1. The minimum Gasteiger partial charge on any atom is -0.463 e. The van der Waals surface area contributed by atoms with Gasteiger partial charge in [0.1, 0.15) is 0 Å². The van der Waals surface area contributed by atoms with Gasteiger partial charge in [-0.05, 0) is 44.1 Å². The van der Waals surface area contributed by atoms with E-state index in [0.717, 1.165) is 16.8 Å². The molecule has 0 saturated heterocycles. The van der Waals surface area contributed by atoms with Gasteiger partial charge < -0.3 is 15.4 Å². The summed E-state index contributed by atoms with van der Waals surface area (Å²) in [5.41, 5.74) is 3.44. The van der Waals surface area contributed by atoms with E-state index in [9.17, 15) is 4.79 Å². The molecule has 1 atom stereocenters. The number of hydrogen-bond donors (Lipinski definition) is 2. The normalized spacial score (nSPS) is 18.4. The summed E-state index contributed by atoms with van der Waals surface area (Å²) in [6.07, 6.45) is 0. The Morgan fingerprint density at radius 2 is 2.05 bits per heavy atom. The Morgan fingerprint density at radius 3 is 2.70 bits per heavy atom. The van der Waals surface area contributed by atoms with Crippen molar-refractivity contribution in [3.8, 4) is 0 Å². The van der Waals surface area contributed by atoms with E-state index in [1.165, 1.54) is 0 Å². The van der Waals surface area contributed by atoms with Crippen LogP contribution < -0.4 is 10.6 Å². The molecule has 1 heterocycles. The lowest BCUT2D eigenvalue weighted by Gasteiger charge is -2.30. The van der Waals surface area contributed by atoms with Gasteiger partial charge in [0.25, 0.3) is 0 Å². The number of aryl methyl sites for hydroxylation is 1. The van der Waals surface area contributed by atoms with Crippen molar-refractivity contribution in [2.45, 2.75) is 26.8 Å². The van der Waals surface area contributed by atoms with Crippen LogP contribution in [0.4, 0.5) is 0 Å². The average molecular weight is 290 g/mol. The maximum atomic E-state index is 12.2. The quantitative estimate of drug-likeness (QED) is 0.661. The van der Waals surface area contributed by atoms with Gasteiger partial charge in [0.2, 0.25) is 0 Å². The molecule has 5 heteroatoms. The number of carbonyl (C=O) groups excluding carboxylic acids is 1. The van der Waals surface area contributed by atoms with E-state index in [2.05, 4.69) is 10.6 Å². The second-order valence-corrected chi connectivity index (χ2v) is 5.06. The molecule has 1 aromatic carbocycles. The molecule has 4 nitrogen and oxygen atoms in total. The molecule has 0 amide bonds. The maximum Gasteiger partial charge on any atom is 0.338 e. The minimum absolute atomic E-state index is 0.274. The monoisotopic (exact) mass is 290 g/mol. The number of carbonyl (C=O) groups is 1. The zero-order valence-corrected chi connectivity index (χ0v) is 12.6. The van der Waals surface area contributed by atoms with Gasteiger partial charge in [0.15, 0.2) is 5.11 Å². The third-order valence-electron chi connectivity index (χ3n) is 3.26. The molecule has 1 aromatic rings. The van der Waals surface area contributed by atoms with Gasteiger partial charge in [-0.2, -0.15) is 0 Å². The molecule has 1 unspecified atom stereocenters. The summed E-state index contributed by atoms with van der Waals surface area (Å²) in [4.78, 5) is 12.2. The molecule has 0 spiro atoms. The number of rotatable bonds is 3. The van der Waals surface area contributed by atoms with Crippen molar-refractivity contribution >= 4 is 23.3 Å². The number of ether oxygens (including phenoxy) is 1. The number of esters is 1. The summed E-state index contributed by atoms with van der Waals surface area (Å²) in [7, 11) is 0. The SMILES string of the molecule is CCOC(=O)C1=C(C)NC(=S)NC1c1ccccc1C. The van der Waals surface area contributed by atoms with Crippen LogP contribution in [-0.2, 0) is 9.53 Å². The predicted octanol–water partition coefficient (Wildman–Crippen LogP) is 2.35. The standard InChI is InChI=1S/C15H18N2O2S/c1-4-19-14(18)12-10(3)16-15(20)17-13(12)11-8-6-5-7-9(11)2/h5-8,13H,4H2,1-3H3,(H2,16,17,20). The van der Waals surface area contributed by atoms with Gasteiger partial charge >= 0.3 is 5.97 Å². The highest BCUT2D eigenvalue weighted by molar-refractivity contribution is 7.80. The maximum absolute atomic E-state index is 12.2. The Morgan fingerprint density at radius 1 is 1.35 bits per heavy atom. The van der Waals surface area contributed by atoms with Crippen LogP contribution in [0, 0.1) is 6.92 Å². The molecule has 1 aliphatic rings. The van der Waals surface area contributed by atoms with E-state index in [1.807, 2.05) is 38.1 Å². The summed E-state index contributed by atoms with van der Waals surface area (Å²) < 4.78 is 5.16. The smallest absolute Gasteiger partial charge is 0.338 e. The van der Waals surface area contributed by atoms with Crippen molar-refractivity contribution in [1.82, 2.24) is 10.6 Å². The van der Waals surface area contributed by atoms with Crippen LogP contribution in [0.25, 0.3) is 0 Å². The van der Waals surface area contributed by atoms with Gasteiger partial charge in [-0.25, -0.2) is 4.79 Å². The van der Waals surface area contributed by atoms with Crippen molar-refractivity contribution in [3.05, 3.63) is 46.7 Å². The lowest BCUT2D eigenvalue weighted by atomic mass is 9.92. The van der Waals surface area contributed by atoms with Crippen molar-refractivity contribution in [1.29, 1.82) is 0 Å². The Hall–Kier alpha value is -1.88. The lowest BCUT2D eigenvalue weighted by molar-refractivity contribution is -0.139.